The first-order chi connectivity index (χ1) is 14.7. The molecule has 0 spiro atoms. The summed E-state index contributed by atoms with van der Waals surface area (Å²) in [6.07, 6.45) is -1.44. The van der Waals surface area contributed by atoms with Gasteiger partial charge >= 0.3 is 6.11 Å². The van der Waals surface area contributed by atoms with E-state index in [1.54, 1.807) is 24.3 Å². The molecule has 0 atom stereocenters. The van der Waals surface area contributed by atoms with E-state index in [1.807, 2.05) is 0 Å². The van der Waals surface area contributed by atoms with Crippen molar-refractivity contribution in [1.29, 1.82) is 0 Å². The number of benzene rings is 3. The van der Waals surface area contributed by atoms with Crippen molar-refractivity contribution in [3.05, 3.63) is 88.7 Å². The third-order valence-corrected chi connectivity index (χ3v) is 5.08. The minimum absolute atomic E-state index is 0.0199. The standard InChI is InChI=1S/C23H15F7O/c24-16-7-8-19(22(28)21(16)27)31-23(29,30)20-17(25)10-15(11-18(20)26)14-5-3-13(4-6-14)9-12-1-2-12/h3-8,10-12H,1-2,9H2. The van der Waals surface area contributed by atoms with Crippen LogP contribution in [-0.4, -0.2) is 0 Å². The van der Waals surface area contributed by atoms with Crippen molar-refractivity contribution >= 4 is 0 Å². The summed E-state index contributed by atoms with van der Waals surface area (Å²) in [6.45, 7) is 0. The third-order valence-electron chi connectivity index (χ3n) is 5.08. The maximum absolute atomic E-state index is 14.5. The fourth-order valence-corrected chi connectivity index (χ4v) is 3.28. The van der Waals surface area contributed by atoms with Gasteiger partial charge in [-0.1, -0.05) is 24.3 Å². The summed E-state index contributed by atoms with van der Waals surface area (Å²) in [5.41, 5.74) is -0.269. The average molecular weight is 440 g/mol. The molecule has 0 radical (unpaired) electrons. The van der Waals surface area contributed by atoms with Crippen molar-refractivity contribution < 1.29 is 35.5 Å². The van der Waals surface area contributed by atoms with Gasteiger partial charge in [0.1, 0.15) is 17.2 Å². The SMILES string of the molecule is Fc1ccc(OC(F)(F)c2c(F)cc(-c3ccc(CC4CC4)cc3)cc2F)c(F)c1F. The molecule has 1 aliphatic carbocycles. The number of rotatable bonds is 6. The van der Waals surface area contributed by atoms with Crippen LogP contribution in [0.3, 0.4) is 0 Å². The summed E-state index contributed by atoms with van der Waals surface area (Å²) in [5, 5.41) is 0. The monoisotopic (exact) mass is 440 g/mol. The van der Waals surface area contributed by atoms with Crippen molar-refractivity contribution in [2.45, 2.75) is 25.4 Å². The number of halogens is 7. The molecule has 0 aromatic heterocycles. The van der Waals surface area contributed by atoms with Gasteiger partial charge < -0.3 is 4.74 Å². The minimum Gasteiger partial charge on any atom is -0.425 e. The van der Waals surface area contributed by atoms with Crippen molar-refractivity contribution in [2.75, 3.05) is 0 Å². The van der Waals surface area contributed by atoms with E-state index in [0.29, 0.717) is 35.7 Å². The van der Waals surface area contributed by atoms with E-state index < -0.39 is 46.5 Å². The van der Waals surface area contributed by atoms with Gasteiger partial charge in [0.25, 0.3) is 0 Å². The quantitative estimate of drug-likeness (QED) is 0.293. The lowest BCUT2D eigenvalue weighted by Crippen LogP contribution is -2.26. The van der Waals surface area contributed by atoms with Crippen LogP contribution in [0.2, 0.25) is 0 Å². The molecule has 0 aliphatic heterocycles. The summed E-state index contributed by atoms with van der Waals surface area (Å²) < 4.78 is 102. The van der Waals surface area contributed by atoms with Crippen LogP contribution in [0, 0.1) is 35.0 Å². The van der Waals surface area contributed by atoms with Gasteiger partial charge in [0.15, 0.2) is 17.4 Å². The largest absolute Gasteiger partial charge is 0.432 e. The molecule has 3 aromatic rings. The van der Waals surface area contributed by atoms with Gasteiger partial charge in [0, 0.05) is 0 Å². The van der Waals surface area contributed by atoms with Crippen LogP contribution < -0.4 is 4.74 Å². The number of alkyl halides is 2. The van der Waals surface area contributed by atoms with Crippen LogP contribution in [0.4, 0.5) is 30.7 Å². The summed E-state index contributed by atoms with van der Waals surface area (Å²) >= 11 is 0. The molecule has 0 heterocycles. The Labute approximate surface area is 173 Å². The topological polar surface area (TPSA) is 9.23 Å². The van der Waals surface area contributed by atoms with Crippen LogP contribution in [0.25, 0.3) is 11.1 Å². The number of hydrogen-bond donors (Lipinski definition) is 0. The molecule has 31 heavy (non-hydrogen) atoms. The molecule has 1 saturated carbocycles. The van der Waals surface area contributed by atoms with E-state index in [2.05, 4.69) is 4.74 Å². The maximum atomic E-state index is 14.5. The highest BCUT2D eigenvalue weighted by Gasteiger charge is 2.42. The summed E-state index contributed by atoms with van der Waals surface area (Å²) in [4.78, 5) is 0. The second-order valence-corrected chi connectivity index (χ2v) is 7.45. The predicted molar refractivity (Wildman–Crippen MR) is 99.1 cm³/mol. The minimum atomic E-state index is -4.69. The first-order valence-corrected chi connectivity index (χ1v) is 9.45. The molecule has 4 rings (SSSR count). The lowest BCUT2D eigenvalue weighted by Gasteiger charge is -2.20. The summed E-state index contributed by atoms with van der Waals surface area (Å²) in [6, 6.07) is 9.04. The molecule has 162 valence electrons. The van der Waals surface area contributed by atoms with Gasteiger partial charge in [-0.2, -0.15) is 13.2 Å². The summed E-state index contributed by atoms with van der Waals surface area (Å²) in [5.74, 6) is -9.72. The molecule has 8 heteroatoms. The van der Waals surface area contributed by atoms with E-state index in [-0.39, 0.29) is 5.56 Å². The van der Waals surface area contributed by atoms with E-state index >= 15 is 0 Å². The molecule has 1 fully saturated rings. The molecular weight excluding hydrogens is 425 g/mol. The van der Waals surface area contributed by atoms with Gasteiger partial charge in [-0.05, 0) is 66.1 Å². The highest BCUT2D eigenvalue weighted by molar-refractivity contribution is 5.64. The Kier molecular flexibility index (Phi) is 5.41. The maximum Gasteiger partial charge on any atom is 0.432 e. The van der Waals surface area contributed by atoms with Crippen molar-refractivity contribution in [2.24, 2.45) is 5.92 Å². The first kappa shape index (κ1) is 21.2. The highest BCUT2D eigenvalue weighted by Crippen LogP contribution is 2.38. The fraction of sp³-hybridized carbons (Fsp3) is 0.217. The molecule has 0 bridgehead atoms. The summed E-state index contributed by atoms with van der Waals surface area (Å²) in [7, 11) is 0. The first-order valence-electron chi connectivity index (χ1n) is 9.45. The Morgan fingerprint density at radius 1 is 0.742 bits per heavy atom. The predicted octanol–water partition coefficient (Wildman–Crippen LogP) is 7.13. The Morgan fingerprint density at radius 2 is 1.35 bits per heavy atom. The van der Waals surface area contributed by atoms with Crippen LogP contribution in [0.5, 0.6) is 5.75 Å². The lowest BCUT2D eigenvalue weighted by atomic mass is 9.99. The van der Waals surface area contributed by atoms with Crippen molar-refractivity contribution in [3.8, 4) is 16.9 Å². The lowest BCUT2D eigenvalue weighted by molar-refractivity contribution is -0.191. The molecular formula is C23H15F7O. The Balaban J connectivity index is 1.62. The van der Waals surface area contributed by atoms with E-state index in [4.69, 9.17) is 0 Å². The second-order valence-electron chi connectivity index (χ2n) is 7.45. The molecule has 0 amide bonds. The van der Waals surface area contributed by atoms with E-state index in [9.17, 15) is 30.7 Å². The van der Waals surface area contributed by atoms with Gasteiger partial charge in [0.05, 0.1) is 0 Å². The molecule has 0 unspecified atom stereocenters. The second kappa shape index (κ2) is 7.90. The van der Waals surface area contributed by atoms with Gasteiger partial charge in [-0.25, -0.2) is 17.6 Å². The number of hydrogen-bond acceptors (Lipinski definition) is 1. The van der Waals surface area contributed by atoms with E-state index in [0.717, 1.165) is 12.0 Å². The van der Waals surface area contributed by atoms with Crippen LogP contribution >= 0.6 is 0 Å². The normalized spacial score (nSPS) is 14.0. The zero-order valence-corrected chi connectivity index (χ0v) is 15.9. The Bertz CT molecular complexity index is 1100. The Hall–Kier alpha value is -3.03. The molecule has 3 aromatic carbocycles. The fourth-order valence-electron chi connectivity index (χ4n) is 3.28. The zero-order chi connectivity index (χ0) is 22.3. The van der Waals surface area contributed by atoms with E-state index in [1.165, 1.54) is 12.8 Å². The smallest absolute Gasteiger partial charge is 0.425 e. The van der Waals surface area contributed by atoms with Crippen molar-refractivity contribution in [1.82, 2.24) is 0 Å². The van der Waals surface area contributed by atoms with Crippen LogP contribution in [0.1, 0.15) is 24.0 Å². The highest BCUT2D eigenvalue weighted by atomic mass is 19.3. The molecule has 1 aliphatic rings. The number of ether oxygens (including phenoxy) is 1. The van der Waals surface area contributed by atoms with Gasteiger partial charge in [-0.3, -0.25) is 0 Å². The average Bonchev–Trinajstić information content (AvgIpc) is 3.52. The molecule has 1 nitrogen and oxygen atoms in total. The van der Waals surface area contributed by atoms with Crippen LogP contribution in [-0.2, 0) is 12.5 Å². The van der Waals surface area contributed by atoms with Gasteiger partial charge in [-0.15, -0.1) is 0 Å². The van der Waals surface area contributed by atoms with Gasteiger partial charge in [0.2, 0.25) is 5.82 Å². The Morgan fingerprint density at radius 3 is 1.94 bits per heavy atom. The molecule has 0 N–H and O–H groups in total. The molecule has 0 saturated heterocycles. The van der Waals surface area contributed by atoms with Crippen molar-refractivity contribution in [3.63, 3.8) is 0 Å². The zero-order valence-electron chi connectivity index (χ0n) is 15.9. The third kappa shape index (κ3) is 4.38. The van der Waals surface area contributed by atoms with Crippen LogP contribution in [0.15, 0.2) is 48.5 Å².